The molecule has 0 aliphatic carbocycles. The van der Waals surface area contributed by atoms with Gasteiger partial charge in [0.15, 0.2) is 5.89 Å². The van der Waals surface area contributed by atoms with Gasteiger partial charge in [-0.15, -0.1) is 0 Å². The molecule has 4 nitrogen and oxygen atoms in total. The van der Waals surface area contributed by atoms with Gasteiger partial charge in [-0.3, -0.25) is 0 Å². The monoisotopic (exact) mass is 238 g/mol. The van der Waals surface area contributed by atoms with E-state index >= 15 is 0 Å². The van der Waals surface area contributed by atoms with Gasteiger partial charge >= 0.3 is 0 Å². The summed E-state index contributed by atoms with van der Waals surface area (Å²) in [5.74, 6) is 1.41. The molecule has 0 aromatic carbocycles. The van der Waals surface area contributed by atoms with Crippen LogP contribution in [0.1, 0.15) is 44.4 Å². The average molecular weight is 238 g/mol. The van der Waals surface area contributed by atoms with Gasteiger partial charge in [0, 0.05) is 13.0 Å². The second-order valence-electron chi connectivity index (χ2n) is 4.95. The SMILES string of the molecule is CCN1CCCC(Cc2nc(C(C)O)co2)C1. The first-order valence-electron chi connectivity index (χ1n) is 6.53. The van der Waals surface area contributed by atoms with Gasteiger partial charge in [0.05, 0.1) is 6.10 Å². The number of likely N-dealkylation sites (tertiary alicyclic amines) is 1. The Hall–Kier alpha value is -0.870. The lowest BCUT2D eigenvalue weighted by Gasteiger charge is -2.31. The third-order valence-corrected chi connectivity index (χ3v) is 3.51. The highest BCUT2D eigenvalue weighted by atomic mass is 16.3. The number of nitrogens with zero attached hydrogens (tertiary/aromatic N) is 2. The Morgan fingerprint density at radius 3 is 3.12 bits per heavy atom. The van der Waals surface area contributed by atoms with E-state index in [1.807, 2.05) is 0 Å². The number of oxazole rings is 1. The van der Waals surface area contributed by atoms with Gasteiger partial charge in [0.2, 0.25) is 0 Å². The quantitative estimate of drug-likeness (QED) is 0.871. The van der Waals surface area contributed by atoms with Gasteiger partial charge in [0.1, 0.15) is 12.0 Å². The molecule has 2 unspecified atom stereocenters. The Balaban J connectivity index is 1.91. The van der Waals surface area contributed by atoms with E-state index in [4.69, 9.17) is 4.42 Å². The molecular weight excluding hydrogens is 216 g/mol. The maximum absolute atomic E-state index is 9.39. The van der Waals surface area contributed by atoms with Crippen LogP contribution in [0.3, 0.4) is 0 Å². The van der Waals surface area contributed by atoms with Gasteiger partial charge < -0.3 is 14.4 Å². The second kappa shape index (κ2) is 5.65. The highest BCUT2D eigenvalue weighted by Gasteiger charge is 2.21. The summed E-state index contributed by atoms with van der Waals surface area (Å²) in [5.41, 5.74) is 0.642. The first-order valence-corrected chi connectivity index (χ1v) is 6.53. The molecular formula is C13H22N2O2. The predicted molar refractivity (Wildman–Crippen MR) is 65.7 cm³/mol. The molecule has 2 heterocycles. The molecule has 1 aliphatic heterocycles. The Labute approximate surface area is 103 Å². The van der Waals surface area contributed by atoms with Crippen molar-refractivity contribution in [1.82, 2.24) is 9.88 Å². The molecule has 0 bridgehead atoms. The van der Waals surface area contributed by atoms with Crippen molar-refractivity contribution in [3.05, 3.63) is 17.8 Å². The van der Waals surface area contributed by atoms with Gasteiger partial charge in [-0.1, -0.05) is 6.92 Å². The molecule has 2 atom stereocenters. The van der Waals surface area contributed by atoms with Crippen LogP contribution in [0.25, 0.3) is 0 Å². The van der Waals surface area contributed by atoms with Gasteiger partial charge in [-0.2, -0.15) is 0 Å². The number of hydrogen-bond acceptors (Lipinski definition) is 4. The summed E-state index contributed by atoms with van der Waals surface area (Å²) >= 11 is 0. The summed E-state index contributed by atoms with van der Waals surface area (Å²) in [5, 5.41) is 9.39. The van der Waals surface area contributed by atoms with E-state index in [0.717, 1.165) is 25.4 Å². The van der Waals surface area contributed by atoms with Crippen molar-refractivity contribution < 1.29 is 9.52 Å². The van der Waals surface area contributed by atoms with Crippen LogP contribution < -0.4 is 0 Å². The van der Waals surface area contributed by atoms with E-state index in [-0.39, 0.29) is 0 Å². The molecule has 17 heavy (non-hydrogen) atoms. The summed E-state index contributed by atoms with van der Waals surface area (Å²) in [6.07, 6.45) is 4.45. The predicted octanol–water partition coefficient (Wildman–Crippen LogP) is 2.00. The summed E-state index contributed by atoms with van der Waals surface area (Å²) in [7, 11) is 0. The lowest BCUT2D eigenvalue weighted by Crippen LogP contribution is -2.35. The van der Waals surface area contributed by atoms with Gasteiger partial charge in [-0.05, 0) is 38.8 Å². The lowest BCUT2D eigenvalue weighted by atomic mass is 9.95. The molecule has 1 saturated heterocycles. The molecule has 1 fully saturated rings. The summed E-state index contributed by atoms with van der Waals surface area (Å²) < 4.78 is 5.41. The molecule has 2 rings (SSSR count). The largest absolute Gasteiger partial charge is 0.449 e. The Bertz CT molecular complexity index is 349. The van der Waals surface area contributed by atoms with Crippen molar-refractivity contribution in [3.63, 3.8) is 0 Å². The Morgan fingerprint density at radius 1 is 1.65 bits per heavy atom. The number of aliphatic hydroxyl groups excluding tert-OH is 1. The molecule has 1 aromatic heterocycles. The average Bonchev–Trinajstić information content (AvgIpc) is 2.78. The van der Waals surface area contributed by atoms with Crippen molar-refractivity contribution in [2.24, 2.45) is 5.92 Å². The van der Waals surface area contributed by atoms with Crippen molar-refractivity contribution >= 4 is 0 Å². The Kier molecular flexibility index (Phi) is 4.18. The topological polar surface area (TPSA) is 49.5 Å². The standard InChI is InChI=1S/C13H22N2O2/c1-3-15-6-4-5-11(8-15)7-13-14-12(9-17-13)10(2)16/h9-11,16H,3-8H2,1-2H3. The van der Waals surface area contributed by atoms with E-state index < -0.39 is 6.10 Å². The zero-order valence-electron chi connectivity index (χ0n) is 10.7. The van der Waals surface area contributed by atoms with Crippen LogP contribution >= 0.6 is 0 Å². The molecule has 0 amide bonds. The first-order chi connectivity index (χ1) is 8.19. The maximum atomic E-state index is 9.39. The van der Waals surface area contributed by atoms with Crippen molar-refractivity contribution in [3.8, 4) is 0 Å². The smallest absolute Gasteiger partial charge is 0.194 e. The molecule has 0 saturated carbocycles. The zero-order valence-corrected chi connectivity index (χ0v) is 10.7. The second-order valence-corrected chi connectivity index (χ2v) is 4.95. The summed E-state index contributed by atoms with van der Waals surface area (Å²) in [4.78, 5) is 6.80. The van der Waals surface area contributed by atoms with E-state index in [1.165, 1.54) is 19.4 Å². The fourth-order valence-corrected chi connectivity index (χ4v) is 2.46. The van der Waals surface area contributed by atoms with Crippen molar-refractivity contribution in [2.45, 2.75) is 39.2 Å². The van der Waals surface area contributed by atoms with E-state index in [1.54, 1.807) is 13.2 Å². The van der Waals surface area contributed by atoms with Gasteiger partial charge in [-0.25, -0.2) is 4.98 Å². The zero-order chi connectivity index (χ0) is 12.3. The highest BCUT2D eigenvalue weighted by molar-refractivity contribution is 5.00. The summed E-state index contributed by atoms with van der Waals surface area (Å²) in [6.45, 7) is 7.40. The molecule has 1 aliphatic rings. The highest BCUT2D eigenvalue weighted by Crippen LogP contribution is 2.21. The third-order valence-electron chi connectivity index (χ3n) is 3.51. The molecule has 0 radical (unpaired) electrons. The molecule has 4 heteroatoms. The van der Waals surface area contributed by atoms with Crippen LogP contribution in [-0.4, -0.2) is 34.6 Å². The van der Waals surface area contributed by atoms with Crippen molar-refractivity contribution in [1.29, 1.82) is 0 Å². The van der Waals surface area contributed by atoms with Crippen LogP contribution in [0.5, 0.6) is 0 Å². The van der Waals surface area contributed by atoms with Gasteiger partial charge in [0.25, 0.3) is 0 Å². The fourth-order valence-electron chi connectivity index (χ4n) is 2.46. The Morgan fingerprint density at radius 2 is 2.47 bits per heavy atom. The van der Waals surface area contributed by atoms with Crippen LogP contribution in [-0.2, 0) is 6.42 Å². The minimum atomic E-state index is -0.536. The minimum absolute atomic E-state index is 0.536. The van der Waals surface area contributed by atoms with E-state index in [9.17, 15) is 5.11 Å². The fraction of sp³-hybridized carbons (Fsp3) is 0.769. The number of aromatic nitrogens is 1. The first kappa shape index (κ1) is 12.6. The lowest BCUT2D eigenvalue weighted by molar-refractivity contribution is 0.176. The molecule has 0 spiro atoms. The van der Waals surface area contributed by atoms with Crippen LogP contribution in [0.15, 0.2) is 10.7 Å². The van der Waals surface area contributed by atoms with Crippen LogP contribution in [0, 0.1) is 5.92 Å². The maximum Gasteiger partial charge on any atom is 0.194 e. The number of rotatable bonds is 4. The molecule has 1 N–H and O–H groups in total. The molecule has 96 valence electrons. The minimum Gasteiger partial charge on any atom is -0.449 e. The molecule has 1 aromatic rings. The third kappa shape index (κ3) is 3.30. The van der Waals surface area contributed by atoms with E-state index in [2.05, 4.69) is 16.8 Å². The number of aliphatic hydroxyl groups is 1. The number of piperidine rings is 1. The summed E-state index contributed by atoms with van der Waals surface area (Å²) in [6, 6.07) is 0. The van der Waals surface area contributed by atoms with Crippen molar-refractivity contribution in [2.75, 3.05) is 19.6 Å². The number of hydrogen-bond donors (Lipinski definition) is 1. The van der Waals surface area contributed by atoms with E-state index in [0.29, 0.717) is 11.6 Å². The van der Waals surface area contributed by atoms with Crippen LogP contribution in [0.2, 0.25) is 0 Å². The van der Waals surface area contributed by atoms with Crippen LogP contribution in [0.4, 0.5) is 0 Å². The normalized spacial score (nSPS) is 23.8.